The van der Waals surface area contributed by atoms with Gasteiger partial charge in [0.2, 0.25) is 0 Å². The molecular formula is C29H35F2NO4S. The molecule has 1 aliphatic heterocycles. The van der Waals surface area contributed by atoms with Crippen molar-refractivity contribution in [2.24, 2.45) is 0 Å². The van der Waals surface area contributed by atoms with Gasteiger partial charge in [-0.25, -0.2) is 13.0 Å². The van der Waals surface area contributed by atoms with Crippen LogP contribution in [0.25, 0.3) is 11.1 Å². The third kappa shape index (κ3) is 7.94. The van der Waals surface area contributed by atoms with Crippen LogP contribution in [0, 0.1) is 25.5 Å². The third-order valence-corrected chi connectivity index (χ3v) is 7.00. The van der Waals surface area contributed by atoms with Crippen LogP contribution in [0.4, 0.5) is 14.5 Å². The van der Waals surface area contributed by atoms with Gasteiger partial charge in [0, 0.05) is 6.54 Å². The number of carboxylic acid groups (broad SMARTS) is 1. The fourth-order valence-electron chi connectivity index (χ4n) is 4.11. The SMILES string of the molecule is CC(C)(C)O.CCc1c(C)cc2c(c1-c1ccc(C)cc1)CCN2S(=O)c1ccc(F)c(F)c1.O=CO. The predicted molar refractivity (Wildman–Crippen MR) is 145 cm³/mol. The second kappa shape index (κ2) is 12.9. The molecule has 5 nitrogen and oxygen atoms in total. The van der Waals surface area contributed by atoms with E-state index in [0.717, 1.165) is 41.8 Å². The lowest BCUT2D eigenvalue weighted by Crippen LogP contribution is -2.23. The maximum absolute atomic E-state index is 13.7. The molecule has 0 bridgehead atoms. The fraction of sp³-hybridized carbons (Fsp3) is 0.345. The number of fused-ring (bicyclic) bond motifs is 1. The highest BCUT2D eigenvalue weighted by molar-refractivity contribution is 7.86. The Labute approximate surface area is 220 Å². The number of aryl methyl sites for hydroxylation is 2. The molecule has 0 fully saturated rings. The molecule has 0 amide bonds. The first-order valence-electron chi connectivity index (χ1n) is 12.0. The molecule has 37 heavy (non-hydrogen) atoms. The zero-order chi connectivity index (χ0) is 27.9. The molecule has 1 atom stereocenters. The molecule has 1 unspecified atom stereocenters. The summed E-state index contributed by atoms with van der Waals surface area (Å²) in [5, 5.41) is 15.4. The summed E-state index contributed by atoms with van der Waals surface area (Å²) >= 11 is 0. The van der Waals surface area contributed by atoms with Crippen molar-refractivity contribution in [2.45, 2.75) is 64.9 Å². The van der Waals surface area contributed by atoms with Crippen molar-refractivity contribution in [3.63, 3.8) is 0 Å². The first-order chi connectivity index (χ1) is 17.3. The van der Waals surface area contributed by atoms with Crippen molar-refractivity contribution in [1.29, 1.82) is 0 Å². The van der Waals surface area contributed by atoms with E-state index in [-0.39, 0.29) is 11.4 Å². The van der Waals surface area contributed by atoms with Crippen molar-refractivity contribution in [1.82, 2.24) is 0 Å². The Kier molecular flexibility index (Phi) is 10.5. The van der Waals surface area contributed by atoms with E-state index in [1.165, 1.54) is 28.3 Å². The summed E-state index contributed by atoms with van der Waals surface area (Å²) in [7, 11) is -1.60. The summed E-state index contributed by atoms with van der Waals surface area (Å²) in [4.78, 5) is 8.63. The first kappa shape index (κ1) is 30.1. The van der Waals surface area contributed by atoms with E-state index in [4.69, 9.17) is 15.0 Å². The highest BCUT2D eigenvalue weighted by atomic mass is 32.2. The third-order valence-electron chi connectivity index (χ3n) is 5.56. The zero-order valence-electron chi connectivity index (χ0n) is 22.1. The van der Waals surface area contributed by atoms with E-state index in [9.17, 15) is 13.0 Å². The normalized spacial score (nSPS) is 13.1. The van der Waals surface area contributed by atoms with Crippen molar-refractivity contribution < 1.29 is 28.0 Å². The van der Waals surface area contributed by atoms with Crippen LogP contribution >= 0.6 is 0 Å². The minimum atomic E-state index is -1.60. The molecule has 3 aromatic carbocycles. The zero-order valence-corrected chi connectivity index (χ0v) is 23.0. The summed E-state index contributed by atoms with van der Waals surface area (Å²) < 4.78 is 41.9. The monoisotopic (exact) mass is 531 g/mol. The topological polar surface area (TPSA) is 77.8 Å². The predicted octanol–water partition coefficient (Wildman–Crippen LogP) is 6.37. The second-order valence-corrected chi connectivity index (χ2v) is 11.1. The highest BCUT2D eigenvalue weighted by Crippen LogP contribution is 2.42. The van der Waals surface area contributed by atoms with Gasteiger partial charge in [-0.3, -0.25) is 9.10 Å². The Morgan fingerprint density at radius 2 is 1.59 bits per heavy atom. The van der Waals surface area contributed by atoms with E-state index in [1.54, 1.807) is 25.1 Å². The average Bonchev–Trinajstić information content (AvgIpc) is 3.23. The maximum atomic E-state index is 13.7. The van der Waals surface area contributed by atoms with Crippen LogP contribution in [-0.4, -0.2) is 33.0 Å². The minimum Gasteiger partial charge on any atom is -0.483 e. The van der Waals surface area contributed by atoms with Gasteiger partial charge >= 0.3 is 0 Å². The number of hydrogen-bond acceptors (Lipinski definition) is 3. The molecule has 1 heterocycles. The fourth-order valence-corrected chi connectivity index (χ4v) is 5.35. The average molecular weight is 532 g/mol. The van der Waals surface area contributed by atoms with E-state index >= 15 is 0 Å². The van der Waals surface area contributed by atoms with Gasteiger partial charge < -0.3 is 10.2 Å². The molecule has 0 radical (unpaired) electrons. The van der Waals surface area contributed by atoms with Gasteiger partial charge in [-0.05, 0) is 99.5 Å². The summed E-state index contributed by atoms with van der Waals surface area (Å²) in [5.41, 5.74) is 7.62. The van der Waals surface area contributed by atoms with Crippen molar-refractivity contribution in [2.75, 3.05) is 10.8 Å². The van der Waals surface area contributed by atoms with Crippen LogP contribution < -0.4 is 4.31 Å². The van der Waals surface area contributed by atoms with E-state index in [2.05, 4.69) is 51.1 Å². The first-order valence-corrected chi connectivity index (χ1v) is 13.1. The molecule has 3 aromatic rings. The lowest BCUT2D eigenvalue weighted by molar-refractivity contribution is -0.122. The molecular weight excluding hydrogens is 496 g/mol. The van der Waals surface area contributed by atoms with Crippen molar-refractivity contribution in [3.8, 4) is 11.1 Å². The Bertz CT molecular complexity index is 1250. The summed E-state index contributed by atoms with van der Waals surface area (Å²) in [6.45, 7) is 11.9. The molecule has 0 saturated carbocycles. The molecule has 0 aliphatic carbocycles. The molecule has 1 aliphatic rings. The number of aliphatic hydroxyl groups is 1. The molecule has 8 heteroatoms. The van der Waals surface area contributed by atoms with E-state index in [1.807, 2.05) is 0 Å². The second-order valence-electron chi connectivity index (χ2n) is 9.72. The van der Waals surface area contributed by atoms with Crippen molar-refractivity contribution >= 4 is 23.1 Å². The number of hydrogen-bond donors (Lipinski definition) is 2. The highest BCUT2D eigenvalue weighted by Gasteiger charge is 2.29. The lowest BCUT2D eigenvalue weighted by atomic mass is 9.88. The number of benzene rings is 3. The number of nitrogens with zero attached hydrogens (tertiary/aromatic N) is 1. The van der Waals surface area contributed by atoms with Gasteiger partial charge in [-0.2, -0.15) is 0 Å². The van der Waals surface area contributed by atoms with Crippen LogP contribution in [0.3, 0.4) is 0 Å². The molecule has 0 spiro atoms. The van der Waals surface area contributed by atoms with Crippen LogP contribution in [-0.2, 0) is 28.6 Å². The smallest absolute Gasteiger partial charge is 0.290 e. The standard InChI is InChI=1S/C24H23F2NOS.C4H10O.CH2O2/c1-4-19-16(3)13-23-20(24(19)17-7-5-15(2)6-8-17)11-12-27(23)29(28)18-9-10-21(25)22(26)14-18;1-4(2,3)5;2-1-3/h5-10,13-14H,4,11-12H2,1-3H3;5H,1-3H3;1H,(H,2,3). The summed E-state index contributed by atoms with van der Waals surface area (Å²) in [6.07, 6.45) is 1.68. The Morgan fingerprint density at radius 3 is 2.11 bits per heavy atom. The molecule has 200 valence electrons. The summed E-state index contributed by atoms with van der Waals surface area (Å²) in [5.74, 6) is -1.91. The van der Waals surface area contributed by atoms with Crippen molar-refractivity contribution in [3.05, 3.63) is 82.4 Å². The van der Waals surface area contributed by atoms with Crippen LogP contribution in [0.15, 0.2) is 53.4 Å². The number of anilines is 1. The number of rotatable bonds is 4. The number of carbonyl (C=O) groups is 1. The van der Waals surface area contributed by atoms with Gasteiger partial charge in [-0.15, -0.1) is 0 Å². The van der Waals surface area contributed by atoms with Crippen LogP contribution in [0.5, 0.6) is 0 Å². The van der Waals surface area contributed by atoms with Gasteiger partial charge in [0.25, 0.3) is 6.47 Å². The summed E-state index contributed by atoms with van der Waals surface area (Å²) in [6, 6.07) is 14.0. The van der Waals surface area contributed by atoms with Gasteiger partial charge in [0.1, 0.15) is 0 Å². The van der Waals surface area contributed by atoms with Gasteiger partial charge in [0.05, 0.1) is 16.2 Å². The van der Waals surface area contributed by atoms with Gasteiger partial charge in [0.15, 0.2) is 22.6 Å². The van der Waals surface area contributed by atoms with Crippen LogP contribution in [0.1, 0.15) is 49.9 Å². The van der Waals surface area contributed by atoms with E-state index < -0.39 is 28.2 Å². The largest absolute Gasteiger partial charge is 0.483 e. The van der Waals surface area contributed by atoms with Crippen LogP contribution in [0.2, 0.25) is 0 Å². The Balaban J connectivity index is 0.000000530. The molecule has 2 N–H and O–H groups in total. The Hall–Kier alpha value is -3.10. The molecule has 4 rings (SSSR count). The molecule has 0 aromatic heterocycles. The Morgan fingerprint density at radius 1 is 1.03 bits per heavy atom. The van der Waals surface area contributed by atoms with Gasteiger partial charge in [-0.1, -0.05) is 36.8 Å². The minimum absolute atomic E-state index is 0.250. The number of halogens is 2. The maximum Gasteiger partial charge on any atom is 0.290 e. The van der Waals surface area contributed by atoms with E-state index in [0.29, 0.717) is 6.54 Å². The lowest BCUT2D eigenvalue weighted by Gasteiger charge is -2.22. The quantitative estimate of drug-likeness (QED) is 0.383. The molecule has 0 saturated heterocycles.